The quantitative estimate of drug-likeness (QED) is 0.651. The number of aliphatic hydroxyl groups excluding tert-OH is 1. The Morgan fingerprint density at radius 2 is 2.00 bits per heavy atom. The van der Waals surface area contributed by atoms with Gasteiger partial charge >= 0.3 is 0 Å². The van der Waals surface area contributed by atoms with Crippen molar-refractivity contribution in [1.82, 2.24) is 0 Å². The molecule has 4 atom stereocenters. The van der Waals surface area contributed by atoms with Crippen LogP contribution >= 0.6 is 0 Å². The summed E-state index contributed by atoms with van der Waals surface area (Å²) in [4.78, 5) is 0. The topological polar surface area (TPSA) is 60.4 Å². The lowest BCUT2D eigenvalue weighted by atomic mass is 9.94. The van der Waals surface area contributed by atoms with Crippen molar-refractivity contribution in [3.63, 3.8) is 0 Å². The maximum absolute atomic E-state index is 10.3. The van der Waals surface area contributed by atoms with Gasteiger partial charge in [0.25, 0.3) is 0 Å². The lowest BCUT2D eigenvalue weighted by Gasteiger charge is -2.25. The molecule has 1 N–H and O–H groups in total. The fraction of sp³-hybridized carbons (Fsp3) is 1.00. The monoisotopic (exact) mass is 179 g/mol. The molecule has 68 valence electrons. The second-order valence-electron chi connectivity index (χ2n) is 2.90. The van der Waals surface area contributed by atoms with E-state index in [0.29, 0.717) is 0 Å². The molecule has 0 bridgehead atoms. The largest absolute Gasteiger partial charge is 0.770 e. The number of hydrogen-bond donors (Lipinski definition) is 1. The van der Waals surface area contributed by atoms with Crippen LogP contribution in [0.5, 0.6) is 0 Å². The first-order valence-electron chi connectivity index (χ1n) is 3.76. The van der Waals surface area contributed by atoms with Crippen LogP contribution in [0, 0.1) is 11.8 Å². The molecule has 4 unspecified atom stereocenters. The van der Waals surface area contributed by atoms with Gasteiger partial charge in [0.05, 0.1) is 0 Å². The van der Waals surface area contributed by atoms with Gasteiger partial charge in [0.1, 0.15) is 5.44 Å². The van der Waals surface area contributed by atoms with E-state index in [9.17, 15) is 8.76 Å². The molecular weight excluding hydrogens is 164 g/mol. The second kappa shape index (κ2) is 4.85. The predicted octanol–water partition coefficient (Wildman–Crippen LogP) is 0.866. The summed E-state index contributed by atoms with van der Waals surface area (Å²) in [6, 6.07) is 0. The van der Waals surface area contributed by atoms with Gasteiger partial charge in [-0.25, -0.2) is 0 Å². The van der Waals surface area contributed by atoms with Crippen LogP contribution in [-0.4, -0.2) is 19.3 Å². The average molecular weight is 179 g/mol. The number of hydrogen-bond acceptors (Lipinski definition) is 3. The summed E-state index contributed by atoms with van der Waals surface area (Å²) in [5, 5.41) is 9.08. The van der Waals surface area contributed by atoms with E-state index < -0.39 is 16.5 Å². The maximum atomic E-state index is 10.3. The van der Waals surface area contributed by atoms with Crippen LogP contribution in [-0.2, 0) is 11.1 Å². The highest BCUT2D eigenvalue weighted by molar-refractivity contribution is 7.79. The van der Waals surface area contributed by atoms with E-state index in [2.05, 4.69) is 0 Å². The summed E-state index contributed by atoms with van der Waals surface area (Å²) >= 11 is -2.36. The molecule has 0 spiro atoms. The molecule has 0 aromatic carbocycles. The van der Waals surface area contributed by atoms with Crippen LogP contribution in [0.15, 0.2) is 0 Å². The van der Waals surface area contributed by atoms with Gasteiger partial charge < -0.3 is 9.66 Å². The second-order valence-corrected chi connectivity index (χ2v) is 3.90. The lowest BCUT2D eigenvalue weighted by molar-refractivity contribution is 0.149. The fourth-order valence-corrected chi connectivity index (χ4v) is 1.45. The van der Waals surface area contributed by atoms with Crippen molar-refractivity contribution in [2.24, 2.45) is 11.8 Å². The Labute approximate surface area is 70.1 Å². The highest BCUT2D eigenvalue weighted by Crippen LogP contribution is 2.19. The van der Waals surface area contributed by atoms with Gasteiger partial charge in [0, 0.05) is 0 Å². The highest BCUT2D eigenvalue weighted by atomic mass is 32.2. The van der Waals surface area contributed by atoms with Crippen molar-refractivity contribution in [1.29, 1.82) is 0 Å². The van der Waals surface area contributed by atoms with Crippen molar-refractivity contribution in [3.8, 4) is 0 Å². The lowest BCUT2D eigenvalue weighted by Crippen LogP contribution is -2.27. The fourth-order valence-electron chi connectivity index (χ4n) is 0.828. The Kier molecular flexibility index (Phi) is 4.88. The van der Waals surface area contributed by atoms with Crippen LogP contribution in [0.2, 0.25) is 0 Å². The molecule has 0 aromatic rings. The molecule has 0 heterocycles. The molecule has 0 saturated carbocycles. The van der Waals surface area contributed by atoms with E-state index in [4.69, 9.17) is 5.11 Å². The zero-order chi connectivity index (χ0) is 9.02. The summed E-state index contributed by atoms with van der Waals surface area (Å²) in [5.41, 5.74) is -1.22. The smallest absolute Gasteiger partial charge is 0.118 e. The molecule has 0 aromatic heterocycles. The van der Waals surface area contributed by atoms with Gasteiger partial charge in [-0.3, -0.25) is 4.21 Å². The molecule has 0 aliphatic heterocycles. The first kappa shape index (κ1) is 11.1. The van der Waals surface area contributed by atoms with E-state index in [1.54, 1.807) is 6.92 Å². The van der Waals surface area contributed by atoms with E-state index in [-0.39, 0.29) is 11.8 Å². The van der Waals surface area contributed by atoms with Crippen molar-refractivity contribution in [2.75, 3.05) is 0 Å². The Morgan fingerprint density at radius 1 is 1.55 bits per heavy atom. The standard InChI is InChI=1S/C7H16O3S/c1-4-5(2)6(3)7(8)11(9)10/h5-8H,4H2,1-3H3,(H,9,10)/p-1. The molecule has 0 rings (SSSR count). The minimum Gasteiger partial charge on any atom is -0.770 e. The van der Waals surface area contributed by atoms with Gasteiger partial charge in [-0.05, 0) is 22.9 Å². The van der Waals surface area contributed by atoms with E-state index in [0.717, 1.165) is 6.42 Å². The molecule has 11 heavy (non-hydrogen) atoms. The summed E-state index contributed by atoms with van der Waals surface area (Å²) in [7, 11) is 0. The van der Waals surface area contributed by atoms with Crippen LogP contribution in [0.25, 0.3) is 0 Å². The van der Waals surface area contributed by atoms with Gasteiger partial charge in [-0.1, -0.05) is 27.2 Å². The average Bonchev–Trinajstić information content (AvgIpc) is 2.00. The normalized spacial score (nSPS) is 22.3. The van der Waals surface area contributed by atoms with Gasteiger partial charge in [-0.15, -0.1) is 0 Å². The highest BCUT2D eigenvalue weighted by Gasteiger charge is 2.19. The number of aliphatic hydroxyl groups is 1. The number of rotatable bonds is 4. The predicted molar refractivity (Wildman–Crippen MR) is 43.5 cm³/mol. The molecule has 0 fully saturated rings. The Bertz CT molecular complexity index is 138. The Hall–Kier alpha value is 0.0700. The molecular formula is C7H15O3S-. The van der Waals surface area contributed by atoms with Crippen LogP contribution < -0.4 is 0 Å². The Balaban J connectivity index is 4.00. The van der Waals surface area contributed by atoms with E-state index in [1.165, 1.54) is 0 Å². The van der Waals surface area contributed by atoms with Crippen molar-refractivity contribution in [3.05, 3.63) is 0 Å². The molecule has 3 nitrogen and oxygen atoms in total. The third-order valence-corrected chi connectivity index (χ3v) is 3.01. The Morgan fingerprint density at radius 3 is 2.27 bits per heavy atom. The summed E-state index contributed by atoms with van der Waals surface area (Å²) in [6.07, 6.45) is 0.884. The summed E-state index contributed by atoms with van der Waals surface area (Å²) in [6.45, 7) is 5.65. The van der Waals surface area contributed by atoms with E-state index >= 15 is 0 Å². The van der Waals surface area contributed by atoms with Crippen LogP contribution in [0.4, 0.5) is 0 Å². The molecule has 0 amide bonds. The molecule has 0 saturated heterocycles. The van der Waals surface area contributed by atoms with Crippen molar-refractivity contribution >= 4 is 11.1 Å². The van der Waals surface area contributed by atoms with Gasteiger partial charge in [0.2, 0.25) is 0 Å². The van der Waals surface area contributed by atoms with Crippen LogP contribution in [0.3, 0.4) is 0 Å². The molecule has 0 aliphatic rings. The zero-order valence-electron chi connectivity index (χ0n) is 7.11. The summed E-state index contributed by atoms with van der Waals surface area (Å²) in [5.74, 6) is 0.0567. The van der Waals surface area contributed by atoms with Gasteiger partial charge in [-0.2, -0.15) is 0 Å². The van der Waals surface area contributed by atoms with Crippen molar-refractivity contribution in [2.45, 2.75) is 32.6 Å². The minimum atomic E-state index is -2.36. The first-order valence-corrected chi connectivity index (χ1v) is 4.90. The third-order valence-electron chi connectivity index (χ3n) is 2.19. The summed E-state index contributed by atoms with van der Waals surface area (Å²) < 4.78 is 20.6. The zero-order valence-corrected chi connectivity index (χ0v) is 7.93. The van der Waals surface area contributed by atoms with Crippen LogP contribution in [0.1, 0.15) is 27.2 Å². The minimum absolute atomic E-state index is 0.182. The van der Waals surface area contributed by atoms with Gasteiger partial charge in [0.15, 0.2) is 0 Å². The maximum Gasteiger partial charge on any atom is 0.118 e. The van der Waals surface area contributed by atoms with Crippen molar-refractivity contribution < 1.29 is 13.9 Å². The molecule has 0 aliphatic carbocycles. The SMILES string of the molecule is CCC(C)C(C)C(O)S(=O)[O-]. The van der Waals surface area contributed by atoms with E-state index in [1.807, 2.05) is 13.8 Å². The molecule has 4 heteroatoms. The third kappa shape index (κ3) is 3.31. The first-order chi connectivity index (χ1) is 5.00. The molecule has 0 radical (unpaired) electrons.